The van der Waals surface area contributed by atoms with E-state index in [1.807, 2.05) is 36.4 Å². The van der Waals surface area contributed by atoms with Crippen LogP contribution >= 0.6 is 0 Å². The van der Waals surface area contributed by atoms with E-state index >= 15 is 0 Å². The number of hydrogen-bond donors (Lipinski definition) is 0. The molecule has 0 N–H and O–H groups in total. The molecule has 0 unspecified atom stereocenters. The molecule has 5 rings (SSSR count). The van der Waals surface area contributed by atoms with Crippen LogP contribution in [-0.2, 0) is 4.74 Å². The lowest BCUT2D eigenvalue weighted by atomic mass is 10.1. The van der Waals surface area contributed by atoms with Gasteiger partial charge < -0.3 is 19.3 Å². The topological polar surface area (TPSA) is 80.7 Å². The van der Waals surface area contributed by atoms with Crippen molar-refractivity contribution >= 4 is 28.5 Å². The number of rotatable bonds is 6. The number of esters is 1. The average Bonchev–Trinajstić information content (AvgIpc) is 2.93. The number of ether oxygens (including phenoxy) is 2. The molecule has 0 amide bonds. The Morgan fingerprint density at radius 1 is 0.972 bits per heavy atom. The number of carbonyl (C=O) groups is 1. The Hall–Kier alpha value is -4.20. The van der Waals surface area contributed by atoms with Crippen molar-refractivity contribution < 1.29 is 14.3 Å². The molecule has 0 saturated carbocycles. The molecule has 184 valence electrons. The summed E-state index contributed by atoms with van der Waals surface area (Å²) in [7, 11) is 1.63. The van der Waals surface area contributed by atoms with E-state index in [2.05, 4.69) is 39.9 Å². The van der Waals surface area contributed by atoms with Crippen molar-refractivity contribution in [2.24, 2.45) is 0 Å². The summed E-state index contributed by atoms with van der Waals surface area (Å²) in [5.74, 6) is 2.46. The zero-order chi connectivity index (χ0) is 25.1. The molecule has 2 aromatic carbocycles. The maximum Gasteiger partial charge on any atom is 0.343 e. The van der Waals surface area contributed by atoms with Crippen LogP contribution in [0, 0.1) is 6.92 Å². The molecule has 1 fully saturated rings. The minimum absolute atomic E-state index is 0.291. The van der Waals surface area contributed by atoms with Gasteiger partial charge in [-0.15, -0.1) is 0 Å². The molecule has 3 heterocycles. The van der Waals surface area contributed by atoms with Crippen LogP contribution in [0.2, 0.25) is 0 Å². The van der Waals surface area contributed by atoms with Crippen molar-refractivity contribution in [1.29, 1.82) is 0 Å². The Bertz CT molecular complexity index is 1380. The Labute approximate surface area is 210 Å². The SMILES string of the molecule is CCOC(=O)c1cnc(-c2ccc(OC)cc2)nc1N1CCN(c2cc(C)c3ccccc3n2)CC1. The van der Waals surface area contributed by atoms with E-state index in [1.54, 1.807) is 20.2 Å². The Morgan fingerprint density at radius 3 is 2.42 bits per heavy atom. The number of piperazine rings is 1. The first-order chi connectivity index (χ1) is 17.6. The number of carbonyl (C=O) groups excluding carboxylic acids is 1. The normalized spacial score (nSPS) is 13.6. The van der Waals surface area contributed by atoms with Crippen LogP contribution in [0.15, 0.2) is 60.8 Å². The maximum absolute atomic E-state index is 12.7. The molecular formula is C28H29N5O3. The highest BCUT2D eigenvalue weighted by atomic mass is 16.5. The number of pyridine rings is 1. The van der Waals surface area contributed by atoms with Crippen molar-refractivity contribution in [2.45, 2.75) is 13.8 Å². The molecule has 0 aliphatic carbocycles. The fraction of sp³-hybridized carbons (Fsp3) is 0.286. The summed E-state index contributed by atoms with van der Waals surface area (Å²) in [6, 6.07) is 17.9. The average molecular weight is 484 g/mol. The lowest BCUT2D eigenvalue weighted by molar-refractivity contribution is 0.0526. The van der Waals surface area contributed by atoms with E-state index in [0.29, 0.717) is 36.9 Å². The molecule has 36 heavy (non-hydrogen) atoms. The van der Waals surface area contributed by atoms with Crippen molar-refractivity contribution in [3.8, 4) is 17.1 Å². The number of anilines is 2. The van der Waals surface area contributed by atoms with Gasteiger partial charge in [-0.2, -0.15) is 0 Å². The largest absolute Gasteiger partial charge is 0.497 e. The number of para-hydroxylation sites is 1. The number of methoxy groups -OCH3 is 1. The van der Waals surface area contributed by atoms with E-state index < -0.39 is 5.97 Å². The van der Waals surface area contributed by atoms with Gasteiger partial charge >= 0.3 is 5.97 Å². The third-order valence-electron chi connectivity index (χ3n) is 6.42. The fourth-order valence-corrected chi connectivity index (χ4v) is 4.49. The van der Waals surface area contributed by atoms with Crippen LogP contribution in [0.3, 0.4) is 0 Å². The summed E-state index contributed by atoms with van der Waals surface area (Å²) in [4.78, 5) is 31.3. The number of benzene rings is 2. The molecule has 8 heteroatoms. The minimum Gasteiger partial charge on any atom is -0.497 e. The molecular weight excluding hydrogens is 454 g/mol. The van der Waals surface area contributed by atoms with Gasteiger partial charge in [0.1, 0.15) is 22.9 Å². The molecule has 0 spiro atoms. The number of nitrogens with zero attached hydrogens (tertiary/aromatic N) is 5. The summed E-state index contributed by atoms with van der Waals surface area (Å²) in [6.45, 7) is 7.11. The van der Waals surface area contributed by atoms with Crippen LogP contribution < -0.4 is 14.5 Å². The van der Waals surface area contributed by atoms with Gasteiger partial charge in [0.15, 0.2) is 5.82 Å². The van der Waals surface area contributed by atoms with Gasteiger partial charge in [0.2, 0.25) is 0 Å². The maximum atomic E-state index is 12.7. The highest BCUT2D eigenvalue weighted by Gasteiger charge is 2.26. The molecule has 1 aliphatic rings. The van der Waals surface area contributed by atoms with E-state index in [-0.39, 0.29) is 0 Å². The first kappa shape index (κ1) is 23.5. The third-order valence-corrected chi connectivity index (χ3v) is 6.42. The van der Waals surface area contributed by atoms with Gasteiger partial charge in [-0.3, -0.25) is 0 Å². The van der Waals surface area contributed by atoms with Crippen LogP contribution in [0.1, 0.15) is 22.8 Å². The molecule has 0 radical (unpaired) electrons. The molecule has 1 aliphatic heterocycles. The standard InChI is InChI=1S/C28H29N5O3/c1-4-36-28(34)23-18-29-26(20-9-11-21(35-3)12-10-20)31-27(23)33-15-13-32(14-16-33)25-17-19(2)22-7-5-6-8-24(22)30-25/h5-12,17-18H,4,13-16H2,1-3H3. The lowest BCUT2D eigenvalue weighted by Crippen LogP contribution is -2.47. The first-order valence-electron chi connectivity index (χ1n) is 12.1. The van der Waals surface area contributed by atoms with Gasteiger partial charge in [-0.1, -0.05) is 18.2 Å². The number of aromatic nitrogens is 3. The quantitative estimate of drug-likeness (QED) is 0.371. The molecule has 1 saturated heterocycles. The summed E-state index contributed by atoms with van der Waals surface area (Å²) in [5, 5.41) is 1.17. The van der Waals surface area contributed by atoms with Crippen LogP contribution in [-0.4, -0.2) is 60.8 Å². The minimum atomic E-state index is -0.414. The number of aryl methyl sites for hydroxylation is 1. The number of hydrogen-bond acceptors (Lipinski definition) is 8. The molecule has 0 bridgehead atoms. The Kier molecular flexibility index (Phi) is 6.66. The van der Waals surface area contributed by atoms with Gasteiger partial charge in [0.05, 0.1) is 19.2 Å². The summed E-state index contributed by atoms with van der Waals surface area (Å²) >= 11 is 0. The van der Waals surface area contributed by atoms with Gasteiger partial charge in [-0.05, 0) is 55.8 Å². The van der Waals surface area contributed by atoms with Crippen LogP contribution in [0.25, 0.3) is 22.3 Å². The highest BCUT2D eigenvalue weighted by Crippen LogP contribution is 2.27. The molecule has 4 aromatic rings. The van der Waals surface area contributed by atoms with Crippen molar-refractivity contribution in [3.05, 3.63) is 71.9 Å². The molecule has 8 nitrogen and oxygen atoms in total. The second-order valence-electron chi connectivity index (χ2n) is 8.67. The second kappa shape index (κ2) is 10.2. The predicted octanol–water partition coefficient (Wildman–Crippen LogP) is 4.51. The monoisotopic (exact) mass is 483 g/mol. The van der Waals surface area contributed by atoms with Crippen molar-refractivity contribution in [3.63, 3.8) is 0 Å². The van der Waals surface area contributed by atoms with Crippen molar-refractivity contribution in [2.75, 3.05) is 49.7 Å². The lowest BCUT2D eigenvalue weighted by Gasteiger charge is -2.36. The van der Waals surface area contributed by atoms with E-state index in [4.69, 9.17) is 19.4 Å². The summed E-state index contributed by atoms with van der Waals surface area (Å²) in [6.07, 6.45) is 1.57. The zero-order valence-corrected chi connectivity index (χ0v) is 20.8. The Balaban J connectivity index is 1.41. The smallest absolute Gasteiger partial charge is 0.343 e. The summed E-state index contributed by atoms with van der Waals surface area (Å²) in [5.41, 5.74) is 3.44. The summed E-state index contributed by atoms with van der Waals surface area (Å²) < 4.78 is 10.6. The van der Waals surface area contributed by atoms with Crippen LogP contribution in [0.5, 0.6) is 5.75 Å². The zero-order valence-electron chi connectivity index (χ0n) is 20.8. The van der Waals surface area contributed by atoms with Gasteiger partial charge in [0, 0.05) is 43.3 Å². The van der Waals surface area contributed by atoms with E-state index in [9.17, 15) is 4.79 Å². The third kappa shape index (κ3) is 4.66. The molecule has 0 atom stereocenters. The van der Waals surface area contributed by atoms with E-state index in [1.165, 1.54) is 10.9 Å². The Morgan fingerprint density at radius 2 is 1.69 bits per heavy atom. The fourth-order valence-electron chi connectivity index (χ4n) is 4.49. The van der Waals surface area contributed by atoms with Crippen LogP contribution in [0.4, 0.5) is 11.6 Å². The first-order valence-corrected chi connectivity index (χ1v) is 12.1. The second-order valence-corrected chi connectivity index (χ2v) is 8.67. The van der Waals surface area contributed by atoms with Gasteiger partial charge in [-0.25, -0.2) is 19.7 Å². The predicted molar refractivity (Wildman–Crippen MR) is 141 cm³/mol. The van der Waals surface area contributed by atoms with Gasteiger partial charge in [0.25, 0.3) is 0 Å². The highest BCUT2D eigenvalue weighted by molar-refractivity contribution is 5.95. The van der Waals surface area contributed by atoms with E-state index in [0.717, 1.165) is 35.7 Å². The number of fused-ring (bicyclic) bond motifs is 1. The van der Waals surface area contributed by atoms with Crippen molar-refractivity contribution in [1.82, 2.24) is 15.0 Å². The molecule has 2 aromatic heterocycles.